The molecule has 1 aliphatic rings. The molecule has 0 aliphatic carbocycles. The Labute approximate surface area is 147 Å². The van der Waals surface area contributed by atoms with E-state index < -0.39 is 0 Å². The molecule has 0 fully saturated rings. The normalized spacial score (nSPS) is 16.0. The van der Waals surface area contributed by atoms with Gasteiger partial charge in [0, 0.05) is 17.6 Å². The molecule has 25 heavy (non-hydrogen) atoms. The molecule has 1 N–H and O–H groups in total. The lowest BCUT2D eigenvalue weighted by Gasteiger charge is -2.27. The minimum absolute atomic E-state index is 0.0310. The third kappa shape index (κ3) is 2.66. The molecular formula is C21H19N3O. The molecule has 1 aliphatic heterocycles. The first-order chi connectivity index (χ1) is 12.1. The Morgan fingerprint density at radius 1 is 1.00 bits per heavy atom. The van der Waals surface area contributed by atoms with Crippen LogP contribution in [-0.2, 0) is 0 Å². The van der Waals surface area contributed by atoms with E-state index in [0.717, 1.165) is 22.6 Å². The number of pyridine rings is 1. The number of rotatable bonds is 3. The van der Waals surface area contributed by atoms with E-state index in [2.05, 4.69) is 42.3 Å². The van der Waals surface area contributed by atoms with E-state index in [0.29, 0.717) is 5.56 Å². The van der Waals surface area contributed by atoms with Crippen LogP contribution in [0, 0.1) is 13.8 Å². The number of hydrogen-bond donors (Lipinski definition) is 1. The standard InChI is InChI=1S/C21H19N3O/c1-14-10-11-18(15(2)13-14)23-20-19-17(9-6-12-22-19)21(25)24(20)16-7-4-3-5-8-16/h3-13,20,23H,1-2H3/t20-/m1/s1. The molecule has 0 saturated carbocycles. The number of anilines is 2. The van der Waals surface area contributed by atoms with Crippen LogP contribution in [-0.4, -0.2) is 10.9 Å². The fraction of sp³-hybridized carbons (Fsp3) is 0.143. The maximum atomic E-state index is 13.0. The number of aryl methyl sites for hydroxylation is 2. The molecule has 0 unspecified atom stereocenters. The lowest BCUT2D eigenvalue weighted by molar-refractivity contribution is 0.0993. The summed E-state index contributed by atoms with van der Waals surface area (Å²) in [7, 11) is 0. The highest BCUT2D eigenvalue weighted by Crippen LogP contribution is 2.37. The highest BCUT2D eigenvalue weighted by molar-refractivity contribution is 6.11. The molecule has 0 saturated heterocycles. The van der Waals surface area contributed by atoms with Gasteiger partial charge in [0.15, 0.2) is 6.17 Å². The minimum atomic E-state index is -0.326. The Morgan fingerprint density at radius 3 is 2.56 bits per heavy atom. The van der Waals surface area contributed by atoms with E-state index in [1.807, 2.05) is 36.4 Å². The van der Waals surface area contributed by atoms with E-state index in [9.17, 15) is 4.79 Å². The molecular weight excluding hydrogens is 310 g/mol. The highest BCUT2D eigenvalue weighted by Gasteiger charge is 2.39. The van der Waals surface area contributed by atoms with Crippen molar-refractivity contribution >= 4 is 17.3 Å². The van der Waals surface area contributed by atoms with Crippen LogP contribution in [0.25, 0.3) is 0 Å². The largest absolute Gasteiger partial charge is 0.360 e. The van der Waals surface area contributed by atoms with E-state index >= 15 is 0 Å². The number of benzene rings is 2. The van der Waals surface area contributed by atoms with Crippen molar-refractivity contribution in [1.29, 1.82) is 0 Å². The second-order valence-electron chi connectivity index (χ2n) is 6.31. The van der Waals surface area contributed by atoms with Gasteiger partial charge in [0.05, 0.1) is 11.3 Å². The monoisotopic (exact) mass is 329 g/mol. The summed E-state index contributed by atoms with van der Waals surface area (Å²) < 4.78 is 0. The lowest BCUT2D eigenvalue weighted by atomic mass is 10.1. The number of hydrogen-bond acceptors (Lipinski definition) is 3. The highest BCUT2D eigenvalue weighted by atomic mass is 16.2. The number of para-hydroxylation sites is 1. The van der Waals surface area contributed by atoms with Crippen LogP contribution in [0.15, 0.2) is 66.9 Å². The average Bonchev–Trinajstić information content (AvgIpc) is 2.91. The summed E-state index contributed by atoms with van der Waals surface area (Å²) >= 11 is 0. The molecule has 4 heteroatoms. The van der Waals surface area contributed by atoms with Crippen LogP contribution in [0.4, 0.5) is 11.4 Å². The lowest BCUT2D eigenvalue weighted by Crippen LogP contribution is -2.32. The molecule has 0 radical (unpaired) electrons. The Balaban J connectivity index is 1.80. The van der Waals surface area contributed by atoms with Gasteiger partial charge in [-0.3, -0.25) is 14.7 Å². The van der Waals surface area contributed by atoms with E-state index in [1.54, 1.807) is 17.2 Å². The third-order valence-corrected chi connectivity index (χ3v) is 4.51. The number of fused-ring (bicyclic) bond motifs is 1. The molecule has 2 heterocycles. The van der Waals surface area contributed by atoms with Gasteiger partial charge in [-0.1, -0.05) is 35.9 Å². The van der Waals surface area contributed by atoms with E-state index in [-0.39, 0.29) is 12.1 Å². The predicted molar refractivity (Wildman–Crippen MR) is 99.8 cm³/mol. The van der Waals surface area contributed by atoms with Gasteiger partial charge in [0.1, 0.15) is 0 Å². The molecule has 1 aromatic heterocycles. The number of nitrogens with zero attached hydrogens (tertiary/aromatic N) is 2. The summed E-state index contributed by atoms with van der Waals surface area (Å²) in [5.74, 6) is -0.0310. The third-order valence-electron chi connectivity index (χ3n) is 4.51. The Bertz CT molecular complexity index is 937. The van der Waals surface area contributed by atoms with Crippen LogP contribution in [0.1, 0.15) is 33.3 Å². The van der Waals surface area contributed by atoms with Gasteiger partial charge in [0.25, 0.3) is 5.91 Å². The maximum absolute atomic E-state index is 13.0. The van der Waals surface area contributed by atoms with Crippen molar-refractivity contribution in [1.82, 2.24) is 4.98 Å². The smallest absolute Gasteiger partial charge is 0.262 e. The van der Waals surface area contributed by atoms with Crippen molar-refractivity contribution < 1.29 is 4.79 Å². The summed E-state index contributed by atoms with van der Waals surface area (Å²) in [6.07, 6.45) is 1.41. The van der Waals surface area contributed by atoms with Crippen LogP contribution in [0.2, 0.25) is 0 Å². The summed E-state index contributed by atoms with van der Waals surface area (Å²) in [5, 5.41) is 3.51. The molecule has 3 aromatic rings. The zero-order valence-electron chi connectivity index (χ0n) is 14.2. The fourth-order valence-corrected chi connectivity index (χ4v) is 3.30. The van der Waals surface area contributed by atoms with Gasteiger partial charge in [-0.25, -0.2) is 0 Å². The molecule has 1 amide bonds. The number of carbonyl (C=O) groups excluding carboxylic acids is 1. The van der Waals surface area contributed by atoms with Gasteiger partial charge in [0.2, 0.25) is 0 Å². The first-order valence-corrected chi connectivity index (χ1v) is 8.32. The molecule has 0 spiro atoms. The molecule has 1 atom stereocenters. The first-order valence-electron chi connectivity index (χ1n) is 8.32. The average molecular weight is 329 g/mol. The van der Waals surface area contributed by atoms with Crippen LogP contribution in [0.5, 0.6) is 0 Å². The second kappa shape index (κ2) is 6.06. The van der Waals surface area contributed by atoms with Crippen molar-refractivity contribution in [2.75, 3.05) is 10.2 Å². The second-order valence-corrected chi connectivity index (χ2v) is 6.31. The quantitative estimate of drug-likeness (QED) is 0.771. The molecule has 4 nitrogen and oxygen atoms in total. The zero-order chi connectivity index (χ0) is 17.4. The Kier molecular flexibility index (Phi) is 3.73. The first kappa shape index (κ1) is 15.4. The predicted octanol–water partition coefficient (Wildman–Crippen LogP) is 4.47. The van der Waals surface area contributed by atoms with Gasteiger partial charge in [-0.05, 0) is 49.7 Å². The molecule has 2 aromatic carbocycles. The Morgan fingerprint density at radius 2 is 1.80 bits per heavy atom. The number of amides is 1. The van der Waals surface area contributed by atoms with Crippen molar-refractivity contribution in [2.24, 2.45) is 0 Å². The van der Waals surface area contributed by atoms with Crippen LogP contribution in [0.3, 0.4) is 0 Å². The summed E-state index contributed by atoms with van der Waals surface area (Å²) in [6, 6.07) is 19.6. The summed E-state index contributed by atoms with van der Waals surface area (Å²) in [5.41, 5.74) is 5.62. The van der Waals surface area contributed by atoms with Crippen molar-refractivity contribution in [2.45, 2.75) is 20.0 Å². The van der Waals surface area contributed by atoms with Gasteiger partial charge >= 0.3 is 0 Å². The minimum Gasteiger partial charge on any atom is -0.360 e. The van der Waals surface area contributed by atoms with Crippen molar-refractivity contribution in [3.63, 3.8) is 0 Å². The van der Waals surface area contributed by atoms with Crippen LogP contribution >= 0.6 is 0 Å². The number of nitrogens with one attached hydrogen (secondary N) is 1. The molecule has 4 rings (SSSR count). The Hall–Kier alpha value is -3.14. The summed E-state index contributed by atoms with van der Waals surface area (Å²) in [4.78, 5) is 19.2. The van der Waals surface area contributed by atoms with Gasteiger partial charge in [-0.15, -0.1) is 0 Å². The topological polar surface area (TPSA) is 45.2 Å². The number of aromatic nitrogens is 1. The van der Waals surface area contributed by atoms with Crippen molar-refractivity contribution in [3.05, 3.63) is 89.2 Å². The molecule has 124 valence electrons. The van der Waals surface area contributed by atoms with E-state index in [1.165, 1.54) is 5.56 Å². The van der Waals surface area contributed by atoms with Crippen molar-refractivity contribution in [3.8, 4) is 0 Å². The maximum Gasteiger partial charge on any atom is 0.262 e. The van der Waals surface area contributed by atoms with E-state index in [4.69, 9.17) is 0 Å². The zero-order valence-corrected chi connectivity index (χ0v) is 14.2. The SMILES string of the molecule is Cc1ccc(N[C@H]2c3ncccc3C(=O)N2c2ccccc2)c(C)c1. The van der Waals surface area contributed by atoms with Gasteiger partial charge < -0.3 is 5.32 Å². The van der Waals surface area contributed by atoms with Gasteiger partial charge in [-0.2, -0.15) is 0 Å². The number of carbonyl (C=O) groups is 1. The molecule has 0 bridgehead atoms. The van der Waals surface area contributed by atoms with Crippen LogP contribution < -0.4 is 10.2 Å². The fourth-order valence-electron chi connectivity index (χ4n) is 3.30. The summed E-state index contributed by atoms with van der Waals surface area (Å²) in [6.45, 7) is 4.14.